The quantitative estimate of drug-likeness (QED) is 0.457. The van der Waals surface area contributed by atoms with Crippen molar-refractivity contribution >= 4 is 38.3 Å². The summed E-state index contributed by atoms with van der Waals surface area (Å²) in [6.45, 7) is 4.08. The van der Waals surface area contributed by atoms with E-state index in [4.69, 9.17) is 4.98 Å². The molecule has 0 bridgehead atoms. The summed E-state index contributed by atoms with van der Waals surface area (Å²) >= 11 is 1.53. The van der Waals surface area contributed by atoms with Crippen molar-refractivity contribution in [2.24, 2.45) is 0 Å². The Hall–Kier alpha value is -2.98. The van der Waals surface area contributed by atoms with Gasteiger partial charge in [-0.1, -0.05) is 47.7 Å². The number of fused-ring (bicyclic) bond motifs is 1. The van der Waals surface area contributed by atoms with Gasteiger partial charge < -0.3 is 0 Å². The molecule has 4 heteroatoms. The summed E-state index contributed by atoms with van der Waals surface area (Å²) in [5.41, 5.74) is 4.63. The van der Waals surface area contributed by atoms with Crippen LogP contribution in [0.1, 0.15) is 21.5 Å². The fourth-order valence-electron chi connectivity index (χ4n) is 3.06. The molecule has 0 N–H and O–H groups in total. The van der Waals surface area contributed by atoms with Crippen molar-refractivity contribution in [1.82, 2.24) is 4.98 Å². The third kappa shape index (κ3) is 3.11. The predicted octanol–water partition coefficient (Wildman–Crippen LogP) is 5.89. The van der Waals surface area contributed by atoms with Gasteiger partial charge in [-0.05, 0) is 61.4 Å². The van der Waals surface area contributed by atoms with Crippen LogP contribution in [-0.4, -0.2) is 10.9 Å². The van der Waals surface area contributed by atoms with E-state index in [9.17, 15) is 4.79 Å². The van der Waals surface area contributed by atoms with Crippen LogP contribution in [0.2, 0.25) is 0 Å². The number of carbonyl (C=O) groups excluding carboxylic acids is 1. The lowest BCUT2D eigenvalue weighted by Gasteiger charge is -2.21. The zero-order valence-corrected chi connectivity index (χ0v) is 15.5. The molecule has 3 aromatic carbocycles. The summed E-state index contributed by atoms with van der Waals surface area (Å²) in [4.78, 5) is 19.8. The van der Waals surface area contributed by atoms with Crippen LogP contribution in [0, 0.1) is 13.8 Å². The zero-order chi connectivity index (χ0) is 18.1. The number of benzene rings is 3. The Balaban J connectivity index is 1.89. The first-order valence-electron chi connectivity index (χ1n) is 8.45. The molecular weight excluding hydrogens is 340 g/mol. The number of thiazole rings is 1. The number of nitrogens with zero attached hydrogens (tertiary/aromatic N) is 2. The first-order chi connectivity index (χ1) is 12.6. The van der Waals surface area contributed by atoms with Gasteiger partial charge in [-0.25, -0.2) is 4.98 Å². The average molecular weight is 358 g/mol. The zero-order valence-electron chi connectivity index (χ0n) is 14.6. The van der Waals surface area contributed by atoms with E-state index in [2.05, 4.69) is 6.07 Å². The van der Waals surface area contributed by atoms with Crippen LogP contribution in [0.25, 0.3) is 10.2 Å². The first-order valence-corrected chi connectivity index (χ1v) is 9.27. The number of anilines is 2. The summed E-state index contributed by atoms with van der Waals surface area (Å²) in [5, 5.41) is 0.685. The number of rotatable bonds is 3. The fraction of sp³-hybridized carbons (Fsp3) is 0.0909. The normalized spacial score (nSPS) is 10.8. The van der Waals surface area contributed by atoms with Crippen molar-refractivity contribution < 1.29 is 4.79 Å². The molecule has 0 spiro atoms. The molecule has 1 amide bonds. The second-order valence-corrected chi connectivity index (χ2v) is 7.33. The molecule has 4 aromatic rings. The minimum absolute atomic E-state index is 0.0744. The van der Waals surface area contributed by atoms with E-state index >= 15 is 0 Å². The minimum Gasteiger partial charge on any atom is -0.268 e. The Bertz CT molecular complexity index is 1030. The van der Waals surface area contributed by atoms with E-state index in [-0.39, 0.29) is 5.91 Å². The van der Waals surface area contributed by atoms with Gasteiger partial charge in [0.1, 0.15) is 0 Å². The largest absolute Gasteiger partial charge is 0.268 e. The number of amides is 1. The second-order valence-electron chi connectivity index (χ2n) is 6.32. The van der Waals surface area contributed by atoms with E-state index in [1.807, 2.05) is 80.6 Å². The van der Waals surface area contributed by atoms with Crippen molar-refractivity contribution in [3.8, 4) is 0 Å². The van der Waals surface area contributed by atoms with Crippen LogP contribution in [-0.2, 0) is 0 Å². The van der Waals surface area contributed by atoms with E-state index in [0.717, 1.165) is 27.0 Å². The molecule has 0 saturated carbocycles. The van der Waals surface area contributed by atoms with Crippen LogP contribution in [0.4, 0.5) is 10.8 Å². The van der Waals surface area contributed by atoms with Crippen molar-refractivity contribution in [2.45, 2.75) is 13.8 Å². The van der Waals surface area contributed by atoms with Crippen molar-refractivity contribution in [2.75, 3.05) is 4.90 Å². The Labute approximate surface area is 156 Å². The topological polar surface area (TPSA) is 33.2 Å². The smallest absolute Gasteiger partial charge is 0.264 e. The monoisotopic (exact) mass is 358 g/mol. The maximum absolute atomic E-state index is 13.3. The molecule has 0 fully saturated rings. The van der Waals surface area contributed by atoms with Crippen molar-refractivity contribution in [1.29, 1.82) is 0 Å². The van der Waals surface area contributed by atoms with E-state index < -0.39 is 0 Å². The molecule has 0 saturated heterocycles. The highest BCUT2D eigenvalue weighted by Gasteiger charge is 2.23. The maximum atomic E-state index is 13.3. The summed E-state index contributed by atoms with van der Waals surface area (Å²) in [7, 11) is 0. The van der Waals surface area contributed by atoms with Crippen LogP contribution in [0.3, 0.4) is 0 Å². The molecule has 26 heavy (non-hydrogen) atoms. The van der Waals surface area contributed by atoms with Gasteiger partial charge in [0, 0.05) is 5.56 Å². The molecule has 0 aliphatic heterocycles. The van der Waals surface area contributed by atoms with Gasteiger partial charge in [-0.2, -0.15) is 0 Å². The molecule has 0 unspecified atom stereocenters. The van der Waals surface area contributed by atoms with Crippen LogP contribution in [0.5, 0.6) is 0 Å². The van der Waals surface area contributed by atoms with Crippen molar-refractivity contribution in [3.05, 3.63) is 89.5 Å². The van der Waals surface area contributed by atoms with E-state index in [1.165, 1.54) is 11.3 Å². The molecule has 128 valence electrons. The Morgan fingerprint density at radius 2 is 1.54 bits per heavy atom. The molecule has 0 aliphatic rings. The van der Waals surface area contributed by atoms with Gasteiger partial charge >= 0.3 is 0 Å². The lowest BCUT2D eigenvalue weighted by Crippen LogP contribution is -2.26. The minimum atomic E-state index is -0.0744. The van der Waals surface area contributed by atoms with E-state index in [0.29, 0.717) is 10.7 Å². The second kappa shape index (κ2) is 6.73. The standard InChI is InChI=1S/C22H18N2OS/c1-15-12-16(2)14-18(13-15)24(21(25)17-8-4-3-5-9-17)22-23-19-10-6-7-11-20(19)26-22/h3-14H,1-2H3. The lowest BCUT2D eigenvalue weighted by atomic mass is 10.1. The third-order valence-electron chi connectivity index (χ3n) is 4.16. The molecule has 0 radical (unpaired) electrons. The molecule has 1 aromatic heterocycles. The average Bonchev–Trinajstić information content (AvgIpc) is 3.05. The number of para-hydroxylation sites is 1. The van der Waals surface area contributed by atoms with Gasteiger partial charge in [0.25, 0.3) is 5.91 Å². The van der Waals surface area contributed by atoms with Crippen LogP contribution < -0.4 is 4.90 Å². The van der Waals surface area contributed by atoms with Crippen molar-refractivity contribution in [3.63, 3.8) is 0 Å². The van der Waals surface area contributed by atoms with Crippen LogP contribution >= 0.6 is 11.3 Å². The predicted molar refractivity (Wildman–Crippen MR) is 108 cm³/mol. The number of hydrogen-bond acceptors (Lipinski definition) is 3. The summed E-state index contributed by atoms with van der Waals surface area (Å²) in [6.07, 6.45) is 0. The van der Waals surface area contributed by atoms with E-state index in [1.54, 1.807) is 4.90 Å². The number of hydrogen-bond donors (Lipinski definition) is 0. The molecule has 0 aliphatic carbocycles. The van der Waals surface area contributed by atoms with Gasteiger partial charge in [0.15, 0.2) is 5.13 Å². The van der Waals surface area contributed by atoms with Gasteiger partial charge in [-0.3, -0.25) is 9.69 Å². The Kier molecular flexibility index (Phi) is 4.27. The highest BCUT2D eigenvalue weighted by Crippen LogP contribution is 2.35. The highest BCUT2D eigenvalue weighted by atomic mass is 32.1. The van der Waals surface area contributed by atoms with Gasteiger partial charge in [0.05, 0.1) is 15.9 Å². The Morgan fingerprint density at radius 1 is 0.885 bits per heavy atom. The first kappa shape index (κ1) is 16.5. The molecule has 3 nitrogen and oxygen atoms in total. The lowest BCUT2D eigenvalue weighted by molar-refractivity contribution is 0.0999. The van der Waals surface area contributed by atoms with Gasteiger partial charge in [0.2, 0.25) is 0 Å². The van der Waals surface area contributed by atoms with Gasteiger partial charge in [-0.15, -0.1) is 0 Å². The number of aryl methyl sites for hydroxylation is 2. The highest BCUT2D eigenvalue weighted by molar-refractivity contribution is 7.22. The van der Waals surface area contributed by atoms with Crippen LogP contribution in [0.15, 0.2) is 72.8 Å². The Morgan fingerprint density at radius 3 is 2.23 bits per heavy atom. The summed E-state index contributed by atoms with van der Waals surface area (Å²) < 4.78 is 1.07. The number of carbonyl (C=O) groups is 1. The number of aromatic nitrogens is 1. The third-order valence-corrected chi connectivity index (χ3v) is 5.18. The SMILES string of the molecule is Cc1cc(C)cc(N(C(=O)c2ccccc2)c2nc3ccccc3s2)c1. The maximum Gasteiger partial charge on any atom is 0.264 e. The molecular formula is C22H18N2OS. The fourth-order valence-corrected chi connectivity index (χ4v) is 4.04. The molecule has 1 heterocycles. The summed E-state index contributed by atoms with van der Waals surface area (Å²) in [5.74, 6) is -0.0744. The molecule has 0 atom stereocenters. The molecule has 4 rings (SSSR count). The summed E-state index contributed by atoms with van der Waals surface area (Å²) in [6, 6.07) is 23.5.